The first-order chi connectivity index (χ1) is 4.12. The Bertz CT molecular complexity index is 69.3. The molecule has 2 nitrogen and oxygen atoms in total. The Balaban J connectivity index is 3.33. The molecule has 1 atom stereocenters. The molecule has 1 radical (unpaired) electrons. The predicted octanol–water partition coefficient (Wildman–Crippen LogP) is 0.998. The summed E-state index contributed by atoms with van der Waals surface area (Å²) in [6.45, 7) is 6.08. The molecule has 0 bridgehead atoms. The summed E-state index contributed by atoms with van der Waals surface area (Å²) in [7, 11) is 1.62. The van der Waals surface area contributed by atoms with Gasteiger partial charge in [0.15, 0.2) is 0 Å². The number of aliphatic hydroxyl groups is 1. The molecule has 0 aromatic rings. The van der Waals surface area contributed by atoms with E-state index in [1.54, 1.807) is 7.11 Å². The molecule has 0 aromatic carbocycles. The molecule has 0 aromatic heterocycles. The minimum Gasteiger partial charge on any atom is -0.390 e. The third-order valence-corrected chi connectivity index (χ3v) is 1.43. The number of ether oxygens (including phenoxy) is 1. The molecule has 0 spiro atoms. The first-order valence-corrected chi connectivity index (χ1v) is 3.19. The molecule has 0 heterocycles. The predicted molar refractivity (Wildman–Crippen MR) is 37.1 cm³/mol. The molecule has 9 heavy (non-hydrogen) atoms. The van der Waals surface area contributed by atoms with Crippen molar-refractivity contribution in [2.45, 2.75) is 25.4 Å². The average Bonchev–Trinajstić information content (AvgIpc) is 1.84. The summed E-state index contributed by atoms with van der Waals surface area (Å²) in [5.41, 5.74) is -0.782. The number of hydrogen-bond acceptors (Lipinski definition) is 2. The van der Waals surface area contributed by atoms with Gasteiger partial charge in [0, 0.05) is 13.7 Å². The van der Waals surface area contributed by atoms with Crippen molar-refractivity contribution in [2.24, 2.45) is 0 Å². The highest BCUT2D eigenvalue weighted by atomic mass is 16.5. The number of rotatable bonds is 4. The van der Waals surface area contributed by atoms with Gasteiger partial charge in [-0.25, -0.2) is 0 Å². The van der Waals surface area contributed by atoms with Crippen molar-refractivity contribution >= 4 is 0 Å². The quantitative estimate of drug-likeness (QED) is 0.616. The normalized spacial score (nSPS) is 17.3. The van der Waals surface area contributed by atoms with E-state index >= 15 is 0 Å². The molecule has 0 saturated carbocycles. The van der Waals surface area contributed by atoms with Crippen LogP contribution in [0, 0.1) is 6.92 Å². The van der Waals surface area contributed by atoms with Gasteiger partial charge >= 0.3 is 0 Å². The van der Waals surface area contributed by atoms with E-state index in [4.69, 9.17) is 4.74 Å². The molecule has 0 aliphatic carbocycles. The molecule has 55 valence electrons. The minimum atomic E-state index is -0.782. The zero-order valence-electron chi connectivity index (χ0n) is 6.18. The van der Waals surface area contributed by atoms with Crippen LogP contribution in [0.2, 0.25) is 0 Å². The van der Waals surface area contributed by atoms with E-state index in [9.17, 15) is 5.11 Å². The number of methoxy groups -OCH3 is 1. The Labute approximate surface area is 56.8 Å². The summed E-state index contributed by atoms with van der Waals surface area (Å²) in [4.78, 5) is 0. The second-order valence-corrected chi connectivity index (χ2v) is 2.32. The van der Waals surface area contributed by atoms with Gasteiger partial charge in [-0.1, -0.05) is 6.92 Å². The van der Waals surface area contributed by atoms with Gasteiger partial charge in [0.25, 0.3) is 0 Å². The molecule has 0 amide bonds. The van der Waals surface area contributed by atoms with E-state index in [-0.39, 0.29) is 0 Å². The van der Waals surface area contributed by atoms with Gasteiger partial charge in [0.1, 0.15) is 0 Å². The zero-order valence-corrected chi connectivity index (χ0v) is 6.18. The van der Waals surface area contributed by atoms with Crippen molar-refractivity contribution in [2.75, 3.05) is 13.7 Å². The molecule has 1 N–H and O–H groups in total. The van der Waals surface area contributed by atoms with Gasteiger partial charge in [-0.15, -0.1) is 0 Å². The Morgan fingerprint density at radius 1 is 1.67 bits per heavy atom. The van der Waals surface area contributed by atoms with Crippen LogP contribution in [-0.2, 0) is 4.74 Å². The number of hydrogen-bond donors (Lipinski definition) is 1. The van der Waals surface area contributed by atoms with Crippen LogP contribution in [0.4, 0.5) is 0 Å². The van der Waals surface area contributed by atoms with Gasteiger partial charge in [-0.05, 0) is 19.8 Å². The smallest absolute Gasteiger partial charge is 0.0668 e. The molecule has 0 saturated heterocycles. The van der Waals surface area contributed by atoms with Crippen LogP contribution in [0.15, 0.2) is 0 Å². The van der Waals surface area contributed by atoms with Crippen molar-refractivity contribution in [1.82, 2.24) is 0 Å². The van der Waals surface area contributed by atoms with Gasteiger partial charge in [0.05, 0.1) is 5.60 Å². The second kappa shape index (κ2) is 3.85. The molecule has 0 aliphatic rings. The maximum Gasteiger partial charge on any atom is 0.0668 e. The molecular weight excluding hydrogens is 116 g/mol. The van der Waals surface area contributed by atoms with Crippen LogP contribution in [0.5, 0.6) is 0 Å². The standard InChI is InChI=1S/C7H15O2/c1-4-7(2,8)5-6-9-3/h8H,2,4-6H2,1,3H3. The van der Waals surface area contributed by atoms with Crippen molar-refractivity contribution in [1.29, 1.82) is 0 Å². The Morgan fingerprint density at radius 2 is 2.22 bits per heavy atom. The lowest BCUT2D eigenvalue weighted by Gasteiger charge is -2.19. The fourth-order valence-electron chi connectivity index (χ4n) is 0.469. The summed E-state index contributed by atoms with van der Waals surface area (Å²) in [5, 5.41) is 9.26. The third kappa shape index (κ3) is 4.43. The van der Waals surface area contributed by atoms with E-state index in [2.05, 4.69) is 6.92 Å². The summed E-state index contributed by atoms with van der Waals surface area (Å²) in [6.07, 6.45) is 1.29. The Morgan fingerprint density at radius 3 is 2.56 bits per heavy atom. The van der Waals surface area contributed by atoms with Gasteiger partial charge in [0.2, 0.25) is 0 Å². The maximum absolute atomic E-state index is 9.26. The summed E-state index contributed by atoms with van der Waals surface area (Å²) in [6, 6.07) is 0. The van der Waals surface area contributed by atoms with Crippen LogP contribution < -0.4 is 0 Å². The van der Waals surface area contributed by atoms with E-state index in [1.165, 1.54) is 0 Å². The first-order valence-electron chi connectivity index (χ1n) is 3.19. The second-order valence-electron chi connectivity index (χ2n) is 2.32. The molecular formula is C7H15O2. The average molecular weight is 131 g/mol. The zero-order chi connectivity index (χ0) is 7.33. The first kappa shape index (κ1) is 8.92. The van der Waals surface area contributed by atoms with E-state index in [1.807, 2.05) is 6.92 Å². The van der Waals surface area contributed by atoms with Crippen LogP contribution >= 0.6 is 0 Å². The topological polar surface area (TPSA) is 29.5 Å². The van der Waals surface area contributed by atoms with Crippen molar-refractivity contribution < 1.29 is 9.84 Å². The summed E-state index contributed by atoms with van der Waals surface area (Å²) < 4.78 is 4.78. The largest absolute Gasteiger partial charge is 0.390 e. The Kier molecular flexibility index (Phi) is 3.82. The molecule has 0 rings (SSSR count). The van der Waals surface area contributed by atoms with Gasteiger partial charge < -0.3 is 9.84 Å². The van der Waals surface area contributed by atoms with E-state index in [0.29, 0.717) is 19.4 Å². The van der Waals surface area contributed by atoms with Crippen LogP contribution in [0.1, 0.15) is 19.8 Å². The van der Waals surface area contributed by atoms with E-state index in [0.717, 1.165) is 0 Å². The lowest BCUT2D eigenvalue weighted by Crippen LogP contribution is -2.24. The van der Waals surface area contributed by atoms with Crippen LogP contribution in [0.3, 0.4) is 0 Å². The SMILES string of the molecule is [CH2]C(O)(CC)CCOC. The van der Waals surface area contributed by atoms with Crippen molar-refractivity contribution in [3.63, 3.8) is 0 Å². The molecule has 0 fully saturated rings. The third-order valence-electron chi connectivity index (χ3n) is 1.43. The fourth-order valence-corrected chi connectivity index (χ4v) is 0.469. The highest BCUT2D eigenvalue weighted by molar-refractivity contribution is 4.78. The molecule has 2 heteroatoms. The van der Waals surface area contributed by atoms with Gasteiger partial charge in [-0.2, -0.15) is 0 Å². The monoisotopic (exact) mass is 131 g/mol. The summed E-state index contributed by atoms with van der Waals surface area (Å²) >= 11 is 0. The van der Waals surface area contributed by atoms with Crippen molar-refractivity contribution in [3.05, 3.63) is 6.92 Å². The van der Waals surface area contributed by atoms with Crippen molar-refractivity contribution in [3.8, 4) is 0 Å². The highest BCUT2D eigenvalue weighted by Gasteiger charge is 2.16. The molecule has 0 aliphatic heterocycles. The lowest BCUT2D eigenvalue weighted by molar-refractivity contribution is 0.0440. The summed E-state index contributed by atoms with van der Waals surface area (Å²) in [5.74, 6) is 0. The van der Waals surface area contributed by atoms with Gasteiger partial charge in [-0.3, -0.25) is 0 Å². The van der Waals surface area contributed by atoms with E-state index < -0.39 is 5.60 Å². The van der Waals surface area contributed by atoms with Crippen LogP contribution in [-0.4, -0.2) is 24.4 Å². The Hall–Kier alpha value is -0.0800. The molecule has 1 unspecified atom stereocenters. The minimum absolute atomic E-state index is 0.577. The van der Waals surface area contributed by atoms with Crippen LogP contribution in [0.25, 0.3) is 0 Å². The lowest BCUT2D eigenvalue weighted by atomic mass is 10.0. The highest BCUT2D eigenvalue weighted by Crippen LogP contribution is 2.11. The fraction of sp³-hybridized carbons (Fsp3) is 0.857. The maximum atomic E-state index is 9.26.